The second-order valence-electron chi connectivity index (χ2n) is 9.12. The Hall–Kier alpha value is -0.860. The van der Waals surface area contributed by atoms with Gasteiger partial charge in [0.05, 0.1) is 0 Å². The Morgan fingerprint density at radius 1 is 0.517 bits per heavy atom. The van der Waals surface area contributed by atoms with Crippen LogP contribution < -0.4 is 0 Å². The fourth-order valence-corrected chi connectivity index (χ4v) is 3.57. The second kappa shape index (κ2) is 21.8. The van der Waals surface area contributed by atoms with Crippen molar-refractivity contribution in [2.75, 3.05) is 34.7 Å². The molecule has 2 nitrogen and oxygen atoms in total. The Balaban J connectivity index is 0.000000651. The van der Waals surface area contributed by atoms with Crippen LogP contribution in [0.4, 0.5) is 0 Å². The third-order valence-corrected chi connectivity index (χ3v) is 5.30. The highest BCUT2D eigenvalue weighted by molar-refractivity contribution is 5.14. The third kappa shape index (κ3) is 23.3. The molecule has 0 aliphatic heterocycles. The molecule has 1 aromatic rings. The van der Waals surface area contributed by atoms with Crippen LogP contribution in [0.5, 0.6) is 0 Å². The van der Waals surface area contributed by atoms with Gasteiger partial charge in [-0.05, 0) is 46.7 Å². The van der Waals surface area contributed by atoms with E-state index in [1.807, 2.05) is 6.07 Å². The molecule has 0 aliphatic rings. The first-order valence-corrected chi connectivity index (χ1v) is 12.4. The topological polar surface area (TPSA) is 6.48 Å². The van der Waals surface area contributed by atoms with Gasteiger partial charge in [-0.25, -0.2) is 0 Å². The summed E-state index contributed by atoms with van der Waals surface area (Å²) in [4.78, 5) is 4.45. The Morgan fingerprint density at radius 3 is 1.31 bits per heavy atom. The summed E-state index contributed by atoms with van der Waals surface area (Å²) in [7, 11) is 8.49. The van der Waals surface area contributed by atoms with Crippen molar-refractivity contribution >= 4 is 0 Å². The van der Waals surface area contributed by atoms with Crippen LogP contribution in [0.25, 0.3) is 0 Å². The first-order chi connectivity index (χ1) is 14.1. The number of rotatable bonds is 17. The predicted molar refractivity (Wildman–Crippen MR) is 133 cm³/mol. The zero-order valence-corrected chi connectivity index (χ0v) is 20.6. The van der Waals surface area contributed by atoms with E-state index in [1.165, 1.54) is 102 Å². The third-order valence-electron chi connectivity index (χ3n) is 5.30. The van der Waals surface area contributed by atoms with Crippen molar-refractivity contribution in [3.05, 3.63) is 35.9 Å². The molecule has 0 radical (unpaired) electrons. The van der Waals surface area contributed by atoms with E-state index in [-0.39, 0.29) is 0 Å². The molecule has 0 aliphatic carbocycles. The molecule has 29 heavy (non-hydrogen) atoms. The zero-order valence-electron chi connectivity index (χ0n) is 20.6. The molecule has 2 heteroatoms. The van der Waals surface area contributed by atoms with Crippen molar-refractivity contribution < 1.29 is 0 Å². The van der Waals surface area contributed by atoms with Gasteiger partial charge in [-0.3, -0.25) is 0 Å². The van der Waals surface area contributed by atoms with Crippen molar-refractivity contribution in [1.29, 1.82) is 0 Å². The molecular formula is C27H52N2. The van der Waals surface area contributed by atoms with E-state index in [9.17, 15) is 0 Å². The molecule has 0 unspecified atom stereocenters. The van der Waals surface area contributed by atoms with Gasteiger partial charge >= 0.3 is 0 Å². The average molecular weight is 405 g/mol. The molecule has 0 fully saturated rings. The molecule has 0 saturated carbocycles. The zero-order chi connectivity index (χ0) is 21.6. The molecule has 170 valence electrons. The summed E-state index contributed by atoms with van der Waals surface area (Å²) in [6.45, 7) is 4.58. The molecule has 0 heterocycles. The van der Waals surface area contributed by atoms with E-state index < -0.39 is 0 Å². The average Bonchev–Trinajstić information content (AvgIpc) is 2.69. The molecule has 0 atom stereocenters. The van der Waals surface area contributed by atoms with E-state index >= 15 is 0 Å². The van der Waals surface area contributed by atoms with E-state index in [0.29, 0.717) is 0 Å². The first-order valence-electron chi connectivity index (χ1n) is 12.4. The van der Waals surface area contributed by atoms with E-state index in [4.69, 9.17) is 0 Å². The minimum absolute atomic E-state index is 1.03. The number of hydrogen-bond acceptors (Lipinski definition) is 2. The summed E-state index contributed by atoms with van der Waals surface area (Å²) in [5.74, 6) is 0. The highest BCUT2D eigenvalue weighted by atomic mass is 15.0. The molecule has 0 saturated heterocycles. The van der Waals surface area contributed by atoms with Crippen LogP contribution >= 0.6 is 0 Å². The fourth-order valence-electron chi connectivity index (χ4n) is 3.57. The van der Waals surface area contributed by atoms with Crippen LogP contribution in [0.15, 0.2) is 30.3 Å². The van der Waals surface area contributed by atoms with Gasteiger partial charge in [0.1, 0.15) is 0 Å². The van der Waals surface area contributed by atoms with E-state index in [1.54, 1.807) is 0 Å². The maximum atomic E-state index is 2.29. The monoisotopic (exact) mass is 404 g/mol. The van der Waals surface area contributed by atoms with Crippen molar-refractivity contribution in [1.82, 2.24) is 9.80 Å². The standard InChI is InChI=1S/C18H39N.C9H13N/c1-4-5-6-7-8-9-10-11-12-13-14-15-16-17-18-19(2)3;1-10(2)8-9-6-4-3-5-7-9/h4-18H2,1-3H3;3-7H,8H2,1-2H3. The van der Waals surface area contributed by atoms with Crippen molar-refractivity contribution in [3.63, 3.8) is 0 Å². The number of nitrogens with zero attached hydrogens (tertiary/aromatic N) is 2. The SMILES string of the molecule is CCCCCCCCCCCCCCCCN(C)C.CN(C)Cc1ccccc1. The highest BCUT2D eigenvalue weighted by Gasteiger charge is 1.94. The van der Waals surface area contributed by atoms with Crippen LogP contribution in [-0.2, 0) is 6.54 Å². The number of unbranched alkanes of at least 4 members (excludes halogenated alkanes) is 13. The summed E-state index contributed by atoms with van der Waals surface area (Å²) < 4.78 is 0. The Morgan fingerprint density at radius 2 is 0.931 bits per heavy atom. The summed E-state index contributed by atoms with van der Waals surface area (Å²) in [6.07, 6.45) is 20.3. The molecule has 0 amide bonds. The summed E-state index contributed by atoms with van der Waals surface area (Å²) >= 11 is 0. The summed E-state index contributed by atoms with van der Waals surface area (Å²) in [6, 6.07) is 10.5. The predicted octanol–water partition coefficient (Wildman–Crippen LogP) is 7.78. The van der Waals surface area contributed by atoms with Crippen LogP contribution in [0.3, 0.4) is 0 Å². The number of hydrogen-bond donors (Lipinski definition) is 0. The lowest BCUT2D eigenvalue weighted by atomic mass is 10.0. The lowest BCUT2D eigenvalue weighted by Crippen LogP contribution is -2.12. The van der Waals surface area contributed by atoms with Crippen molar-refractivity contribution in [3.8, 4) is 0 Å². The largest absolute Gasteiger partial charge is 0.309 e. The van der Waals surface area contributed by atoms with E-state index in [0.717, 1.165) is 6.54 Å². The van der Waals surface area contributed by atoms with Gasteiger partial charge in [-0.2, -0.15) is 0 Å². The molecular weight excluding hydrogens is 352 g/mol. The molecule has 1 rings (SSSR count). The Bertz CT molecular complexity index is 414. The van der Waals surface area contributed by atoms with Crippen molar-refractivity contribution in [2.45, 2.75) is 103 Å². The quantitative estimate of drug-likeness (QED) is 0.245. The van der Waals surface area contributed by atoms with Crippen molar-refractivity contribution in [2.24, 2.45) is 0 Å². The van der Waals surface area contributed by atoms with Crippen LogP contribution in [0, 0.1) is 0 Å². The molecule has 1 aromatic carbocycles. The van der Waals surface area contributed by atoms with E-state index in [2.05, 4.69) is 69.2 Å². The molecule has 0 spiro atoms. The Kier molecular flexibility index (Phi) is 21.2. The van der Waals surface area contributed by atoms with Gasteiger partial charge in [-0.15, -0.1) is 0 Å². The van der Waals surface area contributed by atoms with Gasteiger partial charge < -0.3 is 9.80 Å². The lowest BCUT2D eigenvalue weighted by Gasteiger charge is -2.08. The van der Waals surface area contributed by atoms with Gasteiger partial charge in [0, 0.05) is 6.54 Å². The maximum Gasteiger partial charge on any atom is 0.0227 e. The van der Waals surface area contributed by atoms with Crippen LogP contribution in [-0.4, -0.2) is 44.5 Å². The normalized spacial score (nSPS) is 11.0. The Labute approximate surface area is 184 Å². The molecule has 0 bridgehead atoms. The van der Waals surface area contributed by atoms with Crippen LogP contribution in [0.2, 0.25) is 0 Å². The maximum absolute atomic E-state index is 2.29. The molecule has 0 aromatic heterocycles. The smallest absolute Gasteiger partial charge is 0.0227 e. The van der Waals surface area contributed by atoms with Gasteiger partial charge in [0.25, 0.3) is 0 Å². The summed E-state index contributed by atoms with van der Waals surface area (Å²) in [5, 5.41) is 0. The lowest BCUT2D eigenvalue weighted by molar-refractivity contribution is 0.389. The molecule has 0 N–H and O–H groups in total. The minimum atomic E-state index is 1.03. The highest BCUT2D eigenvalue weighted by Crippen LogP contribution is 2.12. The van der Waals surface area contributed by atoms with Gasteiger partial charge in [0.15, 0.2) is 0 Å². The van der Waals surface area contributed by atoms with Crippen LogP contribution in [0.1, 0.15) is 102 Å². The minimum Gasteiger partial charge on any atom is -0.309 e. The first kappa shape index (κ1) is 28.1. The summed E-state index contributed by atoms with van der Waals surface area (Å²) in [5.41, 5.74) is 1.37. The van der Waals surface area contributed by atoms with Gasteiger partial charge in [0.2, 0.25) is 0 Å². The van der Waals surface area contributed by atoms with Gasteiger partial charge in [-0.1, -0.05) is 121 Å². The fraction of sp³-hybridized carbons (Fsp3) is 0.778. The number of benzene rings is 1. The second-order valence-corrected chi connectivity index (χ2v) is 9.12.